The molecule has 1 aliphatic heterocycles. The maximum absolute atomic E-state index is 2.54. The summed E-state index contributed by atoms with van der Waals surface area (Å²) in [5, 5.41) is 0. The molecule has 0 amide bonds. The van der Waals surface area contributed by atoms with Crippen LogP contribution in [0.5, 0.6) is 0 Å². The molecule has 0 bridgehead atoms. The third-order valence-electron chi connectivity index (χ3n) is 8.95. The van der Waals surface area contributed by atoms with Crippen molar-refractivity contribution < 1.29 is 0 Å². The number of nitrogens with zero attached hydrogens (tertiary/aromatic N) is 2. The molecular formula is C37H75BrN2. The van der Waals surface area contributed by atoms with Gasteiger partial charge in [-0.2, -0.15) is 0 Å². The molecule has 0 radical (unpaired) electrons. The lowest BCUT2D eigenvalue weighted by molar-refractivity contribution is 0.257. The van der Waals surface area contributed by atoms with Crippen molar-refractivity contribution >= 4 is 17.0 Å². The summed E-state index contributed by atoms with van der Waals surface area (Å²) in [7, 11) is 0. The quantitative estimate of drug-likeness (QED) is 0.0685. The van der Waals surface area contributed by atoms with Gasteiger partial charge < -0.3 is 9.80 Å². The zero-order valence-corrected chi connectivity index (χ0v) is 29.5. The molecule has 0 saturated heterocycles. The summed E-state index contributed by atoms with van der Waals surface area (Å²) >= 11 is 0. The normalized spacial score (nSPS) is 12.9. The molecule has 40 heavy (non-hydrogen) atoms. The summed E-state index contributed by atoms with van der Waals surface area (Å²) < 4.78 is 0. The third kappa shape index (κ3) is 28.0. The molecule has 0 fully saturated rings. The van der Waals surface area contributed by atoms with Crippen LogP contribution in [0.2, 0.25) is 0 Å². The van der Waals surface area contributed by atoms with E-state index in [1.807, 2.05) is 0 Å². The van der Waals surface area contributed by atoms with Crippen LogP contribution in [-0.2, 0) is 0 Å². The number of unbranched alkanes of at least 4 members (excludes halogenated alkanes) is 28. The van der Waals surface area contributed by atoms with Crippen LogP contribution in [0.3, 0.4) is 0 Å². The van der Waals surface area contributed by atoms with Gasteiger partial charge in [-0.1, -0.05) is 194 Å². The van der Waals surface area contributed by atoms with E-state index in [9.17, 15) is 0 Å². The molecule has 0 atom stereocenters. The van der Waals surface area contributed by atoms with Gasteiger partial charge in [0.05, 0.1) is 6.67 Å². The van der Waals surface area contributed by atoms with Gasteiger partial charge in [0.2, 0.25) is 0 Å². The summed E-state index contributed by atoms with van der Waals surface area (Å²) in [5.41, 5.74) is 0. The largest absolute Gasteiger partial charge is 0.359 e. The predicted molar refractivity (Wildman–Crippen MR) is 188 cm³/mol. The van der Waals surface area contributed by atoms with Crippen molar-refractivity contribution in [3.05, 3.63) is 12.4 Å². The lowest BCUT2D eigenvalue weighted by Gasteiger charge is -2.21. The second-order valence-electron chi connectivity index (χ2n) is 13.0. The molecule has 0 aromatic carbocycles. The Morgan fingerprint density at radius 1 is 0.325 bits per heavy atom. The van der Waals surface area contributed by atoms with Crippen molar-refractivity contribution in [3.8, 4) is 0 Å². The molecule has 0 spiro atoms. The van der Waals surface area contributed by atoms with Crippen molar-refractivity contribution in [2.75, 3.05) is 19.8 Å². The molecule has 0 aromatic heterocycles. The monoisotopic (exact) mass is 627 g/mol. The number of hydrogen-bond acceptors (Lipinski definition) is 2. The second kappa shape index (κ2) is 33.3. The molecule has 0 unspecified atom stereocenters. The first-order valence-corrected chi connectivity index (χ1v) is 18.5. The maximum atomic E-state index is 2.54. The Morgan fingerprint density at radius 3 is 0.750 bits per heavy atom. The average molecular weight is 628 g/mol. The van der Waals surface area contributed by atoms with E-state index >= 15 is 0 Å². The van der Waals surface area contributed by atoms with E-state index in [2.05, 4.69) is 36.0 Å². The molecular weight excluding hydrogens is 552 g/mol. The van der Waals surface area contributed by atoms with Crippen LogP contribution in [0, 0.1) is 0 Å². The van der Waals surface area contributed by atoms with Gasteiger partial charge >= 0.3 is 0 Å². The van der Waals surface area contributed by atoms with E-state index in [4.69, 9.17) is 0 Å². The second-order valence-corrected chi connectivity index (χ2v) is 13.0. The van der Waals surface area contributed by atoms with Crippen molar-refractivity contribution in [2.45, 2.75) is 206 Å². The Hall–Kier alpha value is -0.180. The molecule has 1 aliphatic rings. The van der Waals surface area contributed by atoms with Crippen molar-refractivity contribution in [2.24, 2.45) is 0 Å². The standard InChI is InChI=1S/C37H74N2.BrH/c1-3-5-7-9-11-13-15-17-19-20-22-24-26-28-30-32-34-39-36-35-38(37-39)33-31-29-27-25-23-21-18-16-14-12-10-8-6-4-2;/h35-36H,3-34,37H2,1-2H3;1H. The third-order valence-corrected chi connectivity index (χ3v) is 8.95. The molecule has 240 valence electrons. The fraction of sp³-hybridized carbons (Fsp3) is 0.946. The Bertz CT molecular complexity index is 495. The zero-order chi connectivity index (χ0) is 27.9. The van der Waals surface area contributed by atoms with Crippen molar-refractivity contribution in [1.82, 2.24) is 9.80 Å². The highest BCUT2D eigenvalue weighted by molar-refractivity contribution is 8.93. The van der Waals surface area contributed by atoms with E-state index in [1.165, 1.54) is 206 Å². The fourth-order valence-electron chi connectivity index (χ4n) is 6.18. The van der Waals surface area contributed by atoms with Crippen LogP contribution in [0.25, 0.3) is 0 Å². The van der Waals surface area contributed by atoms with Crippen molar-refractivity contribution in [1.29, 1.82) is 0 Å². The van der Waals surface area contributed by atoms with Crippen LogP contribution in [0.15, 0.2) is 12.4 Å². The summed E-state index contributed by atoms with van der Waals surface area (Å²) in [6, 6.07) is 0. The van der Waals surface area contributed by atoms with Gasteiger partial charge in [-0.15, -0.1) is 17.0 Å². The van der Waals surface area contributed by atoms with Crippen molar-refractivity contribution in [3.63, 3.8) is 0 Å². The first kappa shape index (κ1) is 39.8. The maximum Gasteiger partial charge on any atom is 0.0893 e. The fourth-order valence-corrected chi connectivity index (χ4v) is 6.18. The number of rotatable bonds is 32. The number of hydrogen-bond donors (Lipinski definition) is 0. The smallest absolute Gasteiger partial charge is 0.0893 e. The van der Waals surface area contributed by atoms with Crippen LogP contribution < -0.4 is 0 Å². The highest BCUT2D eigenvalue weighted by atomic mass is 79.9. The van der Waals surface area contributed by atoms with E-state index in [0.29, 0.717) is 0 Å². The summed E-state index contributed by atoms with van der Waals surface area (Å²) in [4.78, 5) is 5.07. The van der Waals surface area contributed by atoms with Crippen LogP contribution in [0.1, 0.15) is 206 Å². The Balaban J connectivity index is 0.0000152. The highest BCUT2D eigenvalue weighted by Gasteiger charge is 2.11. The van der Waals surface area contributed by atoms with Crippen LogP contribution in [-0.4, -0.2) is 29.6 Å². The molecule has 0 aromatic rings. The topological polar surface area (TPSA) is 6.48 Å². The van der Waals surface area contributed by atoms with E-state index in [1.54, 1.807) is 0 Å². The van der Waals surface area contributed by atoms with Gasteiger partial charge in [0, 0.05) is 25.5 Å². The number of halogens is 1. The van der Waals surface area contributed by atoms with Gasteiger partial charge in [0.25, 0.3) is 0 Å². The van der Waals surface area contributed by atoms with Crippen LogP contribution >= 0.6 is 17.0 Å². The summed E-state index contributed by atoms with van der Waals surface area (Å²) in [6.07, 6.45) is 48.2. The minimum Gasteiger partial charge on any atom is -0.359 e. The van der Waals surface area contributed by atoms with Gasteiger partial charge in [-0.05, 0) is 12.8 Å². The lowest BCUT2D eigenvalue weighted by atomic mass is 10.0. The van der Waals surface area contributed by atoms with E-state index in [0.717, 1.165) is 6.67 Å². The van der Waals surface area contributed by atoms with Gasteiger partial charge in [-0.25, -0.2) is 0 Å². The van der Waals surface area contributed by atoms with E-state index in [-0.39, 0.29) is 17.0 Å². The van der Waals surface area contributed by atoms with Gasteiger partial charge in [-0.3, -0.25) is 0 Å². The SMILES string of the molecule is Br.CCCCCCCCCCCCCCCCCCN1C=CN(CCCCCCCCCCCCCCCC)C1. The van der Waals surface area contributed by atoms with E-state index < -0.39 is 0 Å². The molecule has 0 N–H and O–H groups in total. The predicted octanol–water partition coefficient (Wildman–Crippen LogP) is 13.4. The van der Waals surface area contributed by atoms with Gasteiger partial charge in [0.15, 0.2) is 0 Å². The molecule has 0 saturated carbocycles. The first-order valence-electron chi connectivity index (χ1n) is 18.5. The van der Waals surface area contributed by atoms with Gasteiger partial charge in [0.1, 0.15) is 0 Å². The highest BCUT2D eigenvalue weighted by Crippen LogP contribution is 2.16. The Kier molecular flexibility index (Phi) is 33.2. The molecule has 0 aliphatic carbocycles. The molecule has 1 rings (SSSR count). The molecule has 2 nitrogen and oxygen atoms in total. The Labute approximate surface area is 264 Å². The van der Waals surface area contributed by atoms with Crippen LogP contribution in [0.4, 0.5) is 0 Å². The first-order chi connectivity index (χ1) is 19.4. The average Bonchev–Trinajstić information content (AvgIpc) is 3.40. The minimum absolute atomic E-state index is 0. The minimum atomic E-state index is 0. The summed E-state index contributed by atoms with van der Waals surface area (Å²) in [5.74, 6) is 0. The Morgan fingerprint density at radius 2 is 0.525 bits per heavy atom. The lowest BCUT2D eigenvalue weighted by Crippen LogP contribution is -2.26. The zero-order valence-electron chi connectivity index (χ0n) is 27.8. The molecule has 3 heteroatoms. The molecule has 1 heterocycles. The summed E-state index contributed by atoms with van der Waals surface area (Å²) in [6.45, 7) is 8.26.